The Morgan fingerprint density at radius 1 is 0.948 bits per heavy atom. The summed E-state index contributed by atoms with van der Waals surface area (Å²) in [4.78, 5) is 85.8. The summed E-state index contributed by atoms with van der Waals surface area (Å²) < 4.78 is 49.2. The molecule has 322 valence electrons. The van der Waals surface area contributed by atoms with Crippen LogP contribution in [-0.2, 0) is 38.6 Å². The van der Waals surface area contributed by atoms with Crippen LogP contribution in [0.4, 0.5) is 5.69 Å². The molecule has 3 aromatic rings. The molecule has 3 aliphatic rings. The van der Waals surface area contributed by atoms with E-state index in [2.05, 4.69) is 13.8 Å². The lowest BCUT2D eigenvalue weighted by Gasteiger charge is -2.24. The number of phosphoric acid groups is 2. The zero-order valence-corrected chi connectivity index (χ0v) is 35.1. The van der Waals surface area contributed by atoms with Gasteiger partial charge < -0.3 is 43.4 Å². The fourth-order valence-electron chi connectivity index (χ4n) is 5.06. The Bertz CT molecular complexity index is 2310. The highest BCUT2D eigenvalue weighted by molar-refractivity contribution is 7.76. The number of nitrogens with one attached hydrogen (secondary N) is 2. The normalized spacial score (nSPS) is 26.8. The summed E-state index contributed by atoms with van der Waals surface area (Å²) in [6, 6.07) is 6.47. The number of hydrogen-bond acceptors (Lipinski definition) is 16. The number of nitro benzene ring substituents is 1. The molecule has 5 heterocycles. The molecular weight excluding hydrogens is 956 g/mol. The Labute approximate surface area is 348 Å². The van der Waals surface area contributed by atoms with E-state index in [1.54, 1.807) is 6.92 Å². The summed E-state index contributed by atoms with van der Waals surface area (Å²) >= 11 is 30.0. The van der Waals surface area contributed by atoms with Crippen LogP contribution in [0.2, 0.25) is 0 Å². The molecule has 2 saturated heterocycles. The molecule has 8 atom stereocenters. The topological polar surface area (TPSA) is 344 Å². The quantitative estimate of drug-likeness (QED) is 0.0700. The van der Waals surface area contributed by atoms with E-state index in [4.69, 9.17) is 91.1 Å². The number of phosphoric ester groups is 1. The minimum absolute atomic E-state index is 0.0248. The average molecular weight is 986 g/mol. The largest absolute Gasteiger partial charge is 0.481 e. The van der Waals surface area contributed by atoms with Crippen molar-refractivity contribution < 1.29 is 66.3 Å². The van der Waals surface area contributed by atoms with Gasteiger partial charge in [0, 0.05) is 48.1 Å². The lowest BCUT2D eigenvalue weighted by Crippen LogP contribution is -2.41. The molecule has 2 unspecified atom stereocenters. The molecule has 0 saturated carbocycles. The van der Waals surface area contributed by atoms with Crippen LogP contribution in [0.3, 0.4) is 0 Å². The molecule has 6 rings (SSSR count). The van der Waals surface area contributed by atoms with Gasteiger partial charge in [0.1, 0.15) is 18.0 Å². The number of hydrogen-bond donors (Lipinski definition) is 7. The van der Waals surface area contributed by atoms with Gasteiger partial charge in [-0.25, -0.2) is 18.7 Å². The number of ether oxygens (including phenoxy) is 2. The van der Waals surface area contributed by atoms with Crippen molar-refractivity contribution in [1.82, 2.24) is 19.1 Å². The Morgan fingerprint density at radius 3 is 1.97 bits per heavy atom. The van der Waals surface area contributed by atoms with Crippen LogP contribution in [-0.4, -0.2) is 89.1 Å². The summed E-state index contributed by atoms with van der Waals surface area (Å²) in [7, 11) is -11.9. The number of aliphatic hydroxyl groups excluding tert-OH is 2. The maximum atomic E-state index is 11.8. The number of non-ortho nitro benzene ring substituents is 1. The predicted molar refractivity (Wildman–Crippen MR) is 202 cm³/mol. The molecule has 2 aromatic heterocycles. The average Bonchev–Trinajstić information content (AvgIpc) is 3.48. The minimum atomic E-state index is -5.33. The summed E-state index contributed by atoms with van der Waals surface area (Å²) in [6.45, 7) is 0.797. The van der Waals surface area contributed by atoms with Gasteiger partial charge >= 0.3 is 34.8 Å². The lowest BCUT2D eigenvalue weighted by atomic mass is 10.0. The molecule has 0 bridgehead atoms. The van der Waals surface area contributed by atoms with E-state index in [0.717, 1.165) is 21.4 Å². The second-order valence-electron chi connectivity index (χ2n) is 11.8. The van der Waals surface area contributed by atoms with Gasteiger partial charge in [0.2, 0.25) is 0 Å². The van der Waals surface area contributed by atoms with Gasteiger partial charge in [-0.05, 0) is 17.3 Å². The van der Waals surface area contributed by atoms with Crippen molar-refractivity contribution in [3.8, 4) is 5.75 Å². The Hall–Kier alpha value is -2.28. The van der Waals surface area contributed by atoms with Gasteiger partial charge in [-0.1, -0.05) is 53.3 Å². The first-order valence-corrected chi connectivity index (χ1v) is 22.2. The van der Waals surface area contributed by atoms with Gasteiger partial charge in [-0.15, -0.1) is 0 Å². The van der Waals surface area contributed by atoms with Crippen molar-refractivity contribution in [1.29, 1.82) is 0 Å². The summed E-state index contributed by atoms with van der Waals surface area (Å²) in [6.07, 6.45) is -4.05. The van der Waals surface area contributed by atoms with Crippen molar-refractivity contribution >= 4 is 86.7 Å². The number of alkyl halides is 4. The Kier molecular flexibility index (Phi) is 16.0. The standard InChI is InChI=1S/C10H12Cl2N2O4.C9H12Cl2N2O11P2.C7H5ClNO4P/c1-5-6(4-15)18-8(10(5,11)12)14-3-2-7(16)13-9(14)17;10-9(11)6(15)4(3-22-26(20,21)24-25(17,18)19)23-7(9)13-2-1-5(14)12-8(13)16;8-14-12-4-5-3-6(9(10)11)1-2-7(5)13-14/h2-3,5-6,8,15H,4H2,1H3,(H,13,16,17);1-2,4,6-7,15H,3H2,(H,20,21)(H,12,14,16)(H2,17,18,19);1-3H,4H2/t5-,6-,8-;4-,6-,7-;/m11./s1. The maximum Gasteiger partial charge on any atom is 0.481 e. The van der Waals surface area contributed by atoms with Gasteiger partial charge in [-0.3, -0.25) is 43.3 Å². The van der Waals surface area contributed by atoms with Crippen LogP contribution in [0.1, 0.15) is 24.9 Å². The lowest BCUT2D eigenvalue weighted by molar-refractivity contribution is -0.385. The molecule has 0 aliphatic carbocycles. The number of aromatic amines is 2. The van der Waals surface area contributed by atoms with Crippen LogP contribution < -0.4 is 27.0 Å². The number of benzene rings is 1. The number of rotatable bonds is 9. The summed E-state index contributed by atoms with van der Waals surface area (Å²) in [5.41, 5.74) is -2.18. The van der Waals surface area contributed by atoms with Crippen molar-refractivity contribution in [3.05, 3.63) is 100 Å². The Morgan fingerprint density at radius 2 is 1.48 bits per heavy atom. The first-order chi connectivity index (χ1) is 26.8. The minimum Gasteiger partial charge on any atom is -0.436 e. The molecular formula is C26H29Cl5N5O19P3. The van der Waals surface area contributed by atoms with Crippen molar-refractivity contribution in [3.63, 3.8) is 0 Å². The molecule has 0 radical (unpaired) electrons. The maximum absolute atomic E-state index is 11.8. The number of halogens is 5. The van der Waals surface area contributed by atoms with Crippen LogP contribution in [0.15, 0.2) is 61.9 Å². The van der Waals surface area contributed by atoms with Gasteiger partial charge in [0.05, 0.1) is 30.8 Å². The zero-order chi connectivity index (χ0) is 43.5. The number of nitrogens with zero attached hydrogens (tertiary/aromatic N) is 3. The predicted octanol–water partition coefficient (Wildman–Crippen LogP) is 2.40. The van der Waals surface area contributed by atoms with Crippen LogP contribution in [0.5, 0.6) is 5.75 Å². The zero-order valence-electron chi connectivity index (χ0n) is 28.7. The fraction of sp³-hybridized carbons (Fsp3) is 0.462. The van der Waals surface area contributed by atoms with E-state index in [1.807, 2.05) is 4.98 Å². The van der Waals surface area contributed by atoms with Gasteiger partial charge in [0.15, 0.2) is 21.1 Å². The monoisotopic (exact) mass is 983 g/mol. The smallest absolute Gasteiger partial charge is 0.436 e. The van der Waals surface area contributed by atoms with Crippen LogP contribution in [0, 0.1) is 16.0 Å². The van der Waals surface area contributed by atoms with Crippen LogP contribution >= 0.6 is 81.0 Å². The third kappa shape index (κ3) is 12.0. The second kappa shape index (κ2) is 19.2. The number of fused-ring (bicyclic) bond motifs is 1. The second-order valence-corrected chi connectivity index (χ2v) is 19.2. The van der Waals surface area contributed by atoms with E-state index < -0.39 is 96.8 Å². The fourth-order valence-corrected chi connectivity index (χ4v) is 8.84. The summed E-state index contributed by atoms with van der Waals surface area (Å²) in [5, 5.41) is 29.7. The molecule has 2 fully saturated rings. The van der Waals surface area contributed by atoms with Crippen molar-refractivity contribution in [2.45, 2.75) is 53.0 Å². The van der Waals surface area contributed by atoms with Gasteiger partial charge in [0.25, 0.3) is 16.8 Å². The first-order valence-electron chi connectivity index (χ1n) is 15.5. The van der Waals surface area contributed by atoms with E-state index in [9.17, 15) is 48.4 Å². The highest BCUT2D eigenvalue weighted by Gasteiger charge is 2.56. The number of nitro groups is 1. The molecule has 32 heteroatoms. The molecule has 1 aromatic carbocycles. The Balaban J connectivity index is 0.000000202. The van der Waals surface area contributed by atoms with Crippen molar-refractivity contribution in [2.24, 2.45) is 5.92 Å². The summed E-state index contributed by atoms with van der Waals surface area (Å²) in [5.74, 6) is 0.192. The third-order valence-corrected chi connectivity index (χ3v) is 13.1. The molecule has 58 heavy (non-hydrogen) atoms. The molecule has 0 amide bonds. The number of aromatic nitrogens is 4. The van der Waals surface area contributed by atoms with E-state index in [0.29, 0.717) is 11.3 Å². The number of aliphatic hydroxyl groups is 2. The SMILES string of the molecule is C[C@@H]1[C@@H](CO)O[C@@H](n2ccc(=O)[nH]c2=O)C1(Cl)Cl.O=[N+]([O-])c1ccc2c(c1)COP(Cl)O2.O=c1ccn([C@@H]2O[C@H](COP(=O)(O)OP(=O)(O)O)[C@@H](O)C2(Cl)Cl)c(=O)[nH]1. The van der Waals surface area contributed by atoms with E-state index >= 15 is 0 Å². The first kappa shape index (κ1) is 48.4. The highest BCUT2D eigenvalue weighted by Crippen LogP contribution is 2.58. The van der Waals surface area contributed by atoms with Crippen LogP contribution in [0.25, 0.3) is 0 Å². The molecule has 7 N–H and O–H groups in total. The third-order valence-electron chi connectivity index (χ3n) is 7.92. The molecule has 0 spiro atoms. The van der Waals surface area contributed by atoms with Gasteiger partial charge in [-0.2, -0.15) is 4.31 Å². The highest BCUT2D eigenvalue weighted by atomic mass is 35.7. The van der Waals surface area contributed by atoms with Crippen molar-refractivity contribution in [2.75, 3.05) is 13.2 Å². The molecule has 24 nitrogen and oxygen atoms in total. The van der Waals surface area contributed by atoms with E-state index in [1.165, 1.54) is 30.5 Å². The van der Waals surface area contributed by atoms with E-state index in [-0.39, 0.29) is 24.8 Å². The number of H-pyrrole nitrogens is 2. The molecule has 3 aliphatic heterocycles.